The Morgan fingerprint density at radius 2 is 1.70 bits per heavy atom. The molecule has 0 saturated carbocycles. The summed E-state index contributed by atoms with van der Waals surface area (Å²) in [4.78, 5) is 11.6. The van der Waals surface area contributed by atoms with Crippen molar-refractivity contribution in [3.63, 3.8) is 0 Å². The lowest BCUT2D eigenvalue weighted by Gasteiger charge is -2.04. The van der Waals surface area contributed by atoms with Crippen LogP contribution < -0.4 is 14.9 Å². The fraction of sp³-hybridized carbons (Fsp3) is 0.176. The van der Waals surface area contributed by atoms with Crippen molar-refractivity contribution < 1.29 is 18.7 Å². The third-order valence-electron chi connectivity index (χ3n) is 2.78. The number of carbonyl (C=O) groups is 1. The molecule has 0 unspecified atom stereocenters. The van der Waals surface area contributed by atoms with Crippen LogP contribution in [0, 0.1) is 5.82 Å². The molecule has 1 N–H and O–H groups in total. The summed E-state index contributed by atoms with van der Waals surface area (Å²) in [6.45, 7) is 2.32. The molecule has 0 heterocycles. The molecule has 2 rings (SSSR count). The van der Waals surface area contributed by atoms with Crippen LogP contribution in [0.5, 0.6) is 11.5 Å². The van der Waals surface area contributed by atoms with Gasteiger partial charge in [0.1, 0.15) is 17.3 Å². The molecule has 0 atom stereocenters. The van der Waals surface area contributed by atoms with E-state index in [9.17, 15) is 9.18 Å². The van der Waals surface area contributed by atoms with Gasteiger partial charge >= 0.3 is 0 Å². The Morgan fingerprint density at radius 3 is 2.35 bits per heavy atom. The molecule has 0 fully saturated rings. The van der Waals surface area contributed by atoms with Gasteiger partial charge in [0.25, 0.3) is 5.91 Å². The topological polar surface area (TPSA) is 59.9 Å². The second-order valence-corrected chi connectivity index (χ2v) is 4.54. The van der Waals surface area contributed by atoms with Crippen molar-refractivity contribution in [1.82, 2.24) is 5.43 Å². The minimum atomic E-state index is -0.406. The first-order valence-electron chi connectivity index (χ1n) is 7.10. The van der Waals surface area contributed by atoms with E-state index >= 15 is 0 Å². The Morgan fingerprint density at radius 1 is 1.09 bits per heavy atom. The lowest BCUT2D eigenvalue weighted by Crippen LogP contribution is -2.24. The normalized spacial score (nSPS) is 10.5. The first-order chi connectivity index (χ1) is 11.2. The van der Waals surface area contributed by atoms with Gasteiger partial charge in [-0.05, 0) is 61.0 Å². The lowest BCUT2D eigenvalue weighted by molar-refractivity contribution is -0.123. The number of amides is 1. The molecule has 2 aromatic rings. The van der Waals surface area contributed by atoms with Crippen molar-refractivity contribution in [2.45, 2.75) is 6.92 Å². The summed E-state index contributed by atoms with van der Waals surface area (Å²) in [6.07, 6.45) is 1.52. The predicted molar refractivity (Wildman–Crippen MR) is 85.2 cm³/mol. The van der Waals surface area contributed by atoms with Gasteiger partial charge in [-0.3, -0.25) is 4.79 Å². The van der Waals surface area contributed by atoms with Gasteiger partial charge in [0, 0.05) is 0 Å². The number of hydrazone groups is 1. The summed E-state index contributed by atoms with van der Waals surface area (Å²) in [5.74, 6) is 0.427. The Labute approximate surface area is 133 Å². The van der Waals surface area contributed by atoms with Gasteiger partial charge < -0.3 is 9.47 Å². The Bertz CT molecular complexity index is 655. The molecule has 0 bridgehead atoms. The maximum absolute atomic E-state index is 12.7. The van der Waals surface area contributed by atoms with E-state index in [0.717, 1.165) is 11.3 Å². The molecule has 1 amide bonds. The highest BCUT2D eigenvalue weighted by Crippen LogP contribution is 2.11. The van der Waals surface area contributed by atoms with Crippen LogP contribution in [0.3, 0.4) is 0 Å². The predicted octanol–water partition coefficient (Wildman–Crippen LogP) is 2.75. The summed E-state index contributed by atoms with van der Waals surface area (Å²) in [7, 11) is 0. The van der Waals surface area contributed by atoms with E-state index in [-0.39, 0.29) is 12.4 Å². The highest BCUT2D eigenvalue weighted by molar-refractivity contribution is 5.83. The molecule has 5 nitrogen and oxygen atoms in total. The zero-order valence-electron chi connectivity index (χ0n) is 12.7. The molecule has 0 radical (unpaired) electrons. The van der Waals surface area contributed by atoms with Crippen LogP contribution in [0.1, 0.15) is 12.5 Å². The number of ether oxygens (including phenoxy) is 2. The zero-order valence-corrected chi connectivity index (χ0v) is 12.7. The monoisotopic (exact) mass is 316 g/mol. The molecule has 0 aliphatic heterocycles. The summed E-state index contributed by atoms with van der Waals surface area (Å²) in [5.41, 5.74) is 3.18. The van der Waals surface area contributed by atoms with Crippen molar-refractivity contribution in [2.24, 2.45) is 5.10 Å². The molecule has 120 valence electrons. The first kappa shape index (κ1) is 16.5. The van der Waals surface area contributed by atoms with Gasteiger partial charge in [0.15, 0.2) is 6.61 Å². The fourth-order valence-electron chi connectivity index (χ4n) is 1.71. The van der Waals surface area contributed by atoms with Crippen LogP contribution in [-0.2, 0) is 4.79 Å². The largest absolute Gasteiger partial charge is 0.494 e. The molecule has 0 spiro atoms. The van der Waals surface area contributed by atoms with E-state index in [1.54, 1.807) is 0 Å². The Hall–Kier alpha value is -2.89. The number of rotatable bonds is 7. The molecule has 23 heavy (non-hydrogen) atoms. The van der Waals surface area contributed by atoms with Gasteiger partial charge in [0.2, 0.25) is 0 Å². The third kappa shape index (κ3) is 5.78. The molecule has 6 heteroatoms. The Balaban J connectivity index is 1.75. The van der Waals surface area contributed by atoms with Crippen molar-refractivity contribution in [3.8, 4) is 11.5 Å². The molecular formula is C17H17FN2O3. The number of halogens is 1. The standard InChI is InChI=1S/C17H17FN2O3/c1-2-22-15-7-3-13(4-8-15)11-19-20-17(21)12-23-16-9-5-14(18)6-10-16/h3-11H,2,12H2,1H3,(H,20,21)/b19-11+. The van der Waals surface area contributed by atoms with Crippen LogP contribution >= 0.6 is 0 Å². The summed E-state index contributed by atoms with van der Waals surface area (Å²) in [6, 6.07) is 12.7. The SMILES string of the molecule is CCOc1ccc(/C=N/NC(=O)COc2ccc(F)cc2)cc1. The van der Waals surface area contributed by atoms with Gasteiger partial charge in [-0.2, -0.15) is 5.10 Å². The van der Waals surface area contributed by atoms with Crippen LogP contribution in [0.25, 0.3) is 0 Å². The summed E-state index contributed by atoms with van der Waals surface area (Å²) >= 11 is 0. The lowest BCUT2D eigenvalue weighted by atomic mass is 10.2. The number of nitrogens with zero attached hydrogens (tertiary/aromatic N) is 1. The number of hydrogen-bond donors (Lipinski definition) is 1. The average Bonchev–Trinajstić information content (AvgIpc) is 2.56. The number of benzene rings is 2. The van der Waals surface area contributed by atoms with Gasteiger partial charge in [-0.1, -0.05) is 0 Å². The van der Waals surface area contributed by atoms with Crippen LogP contribution in [0.2, 0.25) is 0 Å². The molecule has 0 aliphatic rings. The number of carbonyl (C=O) groups excluding carboxylic acids is 1. The number of nitrogens with one attached hydrogen (secondary N) is 1. The van der Waals surface area contributed by atoms with Crippen LogP contribution in [0.15, 0.2) is 53.6 Å². The molecule has 0 saturated heterocycles. The van der Waals surface area contributed by atoms with Crippen molar-refractivity contribution >= 4 is 12.1 Å². The maximum atomic E-state index is 12.7. The van der Waals surface area contributed by atoms with Crippen molar-refractivity contribution in [1.29, 1.82) is 0 Å². The second-order valence-electron chi connectivity index (χ2n) is 4.54. The van der Waals surface area contributed by atoms with Crippen LogP contribution in [-0.4, -0.2) is 25.3 Å². The first-order valence-corrected chi connectivity index (χ1v) is 7.10. The average molecular weight is 316 g/mol. The molecule has 2 aromatic carbocycles. The quantitative estimate of drug-likeness (QED) is 0.631. The van der Waals surface area contributed by atoms with Crippen molar-refractivity contribution in [3.05, 3.63) is 59.9 Å². The fourth-order valence-corrected chi connectivity index (χ4v) is 1.71. The summed E-state index contributed by atoms with van der Waals surface area (Å²) < 4.78 is 23.2. The van der Waals surface area contributed by atoms with E-state index in [1.165, 1.54) is 30.5 Å². The van der Waals surface area contributed by atoms with E-state index in [4.69, 9.17) is 9.47 Å². The van der Waals surface area contributed by atoms with E-state index in [2.05, 4.69) is 10.5 Å². The highest BCUT2D eigenvalue weighted by Gasteiger charge is 2.01. The smallest absolute Gasteiger partial charge is 0.277 e. The molecule has 0 aliphatic carbocycles. The van der Waals surface area contributed by atoms with E-state index in [0.29, 0.717) is 12.4 Å². The van der Waals surface area contributed by atoms with Gasteiger partial charge in [-0.15, -0.1) is 0 Å². The van der Waals surface area contributed by atoms with Gasteiger partial charge in [-0.25, -0.2) is 9.82 Å². The van der Waals surface area contributed by atoms with Crippen LogP contribution in [0.4, 0.5) is 4.39 Å². The van der Waals surface area contributed by atoms with E-state index in [1.807, 2.05) is 31.2 Å². The van der Waals surface area contributed by atoms with E-state index < -0.39 is 5.91 Å². The van der Waals surface area contributed by atoms with Gasteiger partial charge in [0.05, 0.1) is 12.8 Å². The second kappa shape index (κ2) is 8.53. The van der Waals surface area contributed by atoms with Crippen molar-refractivity contribution in [2.75, 3.05) is 13.2 Å². The molecule has 0 aromatic heterocycles. The summed E-state index contributed by atoms with van der Waals surface area (Å²) in [5, 5.41) is 3.84. The highest BCUT2D eigenvalue weighted by atomic mass is 19.1. The minimum absolute atomic E-state index is 0.202. The third-order valence-corrected chi connectivity index (χ3v) is 2.78. The zero-order chi connectivity index (χ0) is 16.5. The minimum Gasteiger partial charge on any atom is -0.494 e. The number of hydrogen-bond acceptors (Lipinski definition) is 4. The Kier molecular flexibility index (Phi) is 6.11. The molecular weight excluding hydrogens is 299 g/mol. The maximum Gasteiger partial charge on any atom is 0.277 e.